The lowest BCUT2D eigenvalue weighted by atomic mass is 10.0. The summed E-state index contributed by atoms with van der Waals surface area (Å²) >= 11 is 0. The number of halogens is 3. The number of hydrogen-bond acceptors (Lipinski definition) is 4. The Balaban J connectivity index is 1.81. The molecule has 0 bridgehead atoms. The van der Waals surface area contributed by atoms with E-state index >= 15 is 0 Å². The molecule has 10 heteroatoms. The van der Waals surface area contributed by atoms with Crippen LogP contribution < -0.4 is 5.32 Å². The van der Waals surface area contributed by atoms with Crippen molar-refractivity contribution in [3.05, 3.63) is 29.2 Å². The van der Waals surface area contributed by atoms with Crippen molar-refractivity contribution >= 4 is 17.5 Å². The summed E-state index contributed by atoms with van der Waals surface area (Å²) in [7, 11) is 0. The van der Waals surface area contributed by atoms with Gasteiger partial charge in [0.15, 0.2) is 5.65 Å². The highest BCUT2D eigenvalue weighted by atomic mass is 19.4. The minimum atomic E-state index is -4.55. The number of alkyl halides is 3. The van der Waals surface area contributed by atoms with Gasteiger partial charge in [-0.05, 0) is 31.7 Å². The molecule has 7 nitrogen and oxygen atoms in total. The second-order valence-electron chi connectivity index (χ2n) is 8.27. The molecule has 1 aliphatic heterocycles. The van der Waals surface area contributed by atoms with Crippen molar-refractivity contribution in [3.63, 3.8) is 0 Å². The molecule has 2 aromatic heterocycles. The molecule has 2 aromatic rings. The molecule has 3 rings (SSSR count). The molecule has 1 saturated heterocycles. The zero-order chi connectivity index (χ0) is 22.2. The van der Waals surface area contributed by atoms with E-state index in [1.54, 1.807) is 11.0 Å². The van der Waals surface area contributed by atoms with E-state index in [1.807, 2.05) is 13.8 Å². The van der Waals surface area contributed by atoms with Gasteiger partial charge in [0, 0.05) is 37.7 Å². The van der Waals surface area contributed by atoms with Crippen LogP contribution in [0.15, 0.2) is 12.1 Å². The molecular weight excluding hydrogens is 399 g/mol. The highest BCUT2D eigenvalue weighted by Gasteiger charge is 2.37. The Kier molecular flexibility index (Phi) is 6.05. The molecule has 3 heterocycles. The highest BCUT2D eigenvalue weighted by Crippen LogP contribution is 2.32. The monoisotopic (exact) mass is 425 g/mol. The molecule has 164 valence electrons. The summed E-state index contributed by atoms with van der Waals surface area (Å²) in [6.07, 6.45) is -3.44. The molecule has 2 atom stereocenters. The molecule has 0 saturated carbocycles. The number of rotatable bonds is 5. The largest absolute Gasteiger partial charge is 0.433 e. The van der Waals surface area contributed by atoms with Crippen molar-refractivity contribution < 1.29 is 22.8 Å². The van der Waals surface area contributed by atoms with Crippen LogP contribution in [0.25, 0.3) is 5.65 Å². The molecule has 0 aliphatic carbocycles. The van der Waals surface area contributed by atoms with Crippen LogP contribution >= 0.6 is 0 Å². The first-order valence-electron chi connectivity index (χ1n) is 9.96. The van der Waals surface area contributed by atoms with Crippen LogP contribution in [0.2, 0.25) is 0 Å². The van der Waals surface area contributed by atoms with Gasteiger partial charge in [0.25, 0.3) is 0 Å². The number of carbonyl (C=O) groups is 2. The van der Waals surface area contributed by atoms with Crippen molar-refractivity contribution in [2.75, 3.05) is 13.1 Å². The predicted molar refractivity (Wildman–Crippen MR) is 104 cm³/mol. The van der Waals surface area contributed by atoms with Gasteiger partial charge in [0.1, 0.15) is 11.7 Å². The van der Waals surface area contributed by atoms with Crippen LogP contribution in [0.3, 0.4) is 0 Å². The lowest BCUT2D eigenvalue weighted by molar-refractivity contribution is -0.142. The molecule has 2 amide bonds. The van der Waals surface area contributed by atoms with Crippen LogP contribution in [-0.4, -0.2) is 50.4 Å². The summed E-state index contributed by atoms with van der Waals surface area (Å²) in [5.74, 6) is -0.409. The fourth-order valence-electron chi connectivity index (χ4n) is 3.88. The van der Waals surface area contributed by atoms with E-state index in [1.165, 1.54) is 13.8 Å². The lowest BCUT2D eigenvalue weighted by Crippen LogP contribution is -2.47. The van der Waals surface area contributed by atoms with Gasteiger partial charge in [-0.25, -0.2) is 9.50 Å². The molecule has 0 spiro atoms. The maximum atomic E-state index is 13.4. The Bertz CT molecular complexity index is 954. The molecule has 1 N–H and O–H groups in total. The number of nitrogens with one attached hydrogen (secondary N) is 1. The highest BCUT2D eigenvalue weighted by molar-refractivity contribution is 5.87. The van der Waals surface area contributed by atoms with Crippen LogP contribution in [0.1, 0.15) is 56.6 Å². The van der Waals surface area contributed by atoms with Gasteiger partial charge in [0.2, 0.25) is 11.8 Å². The summed E-state index contributed by atoms with van der Waals surface area (Å²) in [5.41, 5.74) is 0.00744. The average Bonchev–Trinajstić information content (AvgIpc) is 3.24. The van der Waals surface area contributed by atoms with Crippen molar-refractivity contribution in [1.82, 2.24) is 24.8 Å². The number of carbonyl (C=O) groups excluding carboxylic acids is 2. The first-order valence-corrected chi connectivity index (χ1v) is 9.96. The van der Waals surface area contributed by atoms with Gasteiger partial charge < -0.3 is 10.2 Å². The normalized spacial score (nSPS) is 18.3. The number of aromatic nitrogens is 3. The van der Waals surface area contributed by atoms with Crippen molar-refractivity contribution in [2.45, 2.75) is 58.7 Å². The van der Waals surface area contributed by atoms with E-state index in [0.29, 0.717) is 31.6 Å². The van der Waals surface area contributed by atoms with E-state index < -0.39 is 17.9 Å². The molecule has 0 radical (unpaired) electrons. The molecule has 1 aliphatic rings. The molecule has 0 unspecified atom stereocenters. The fraction of sp³-hybridized carbons (Fsp3) is 0.600. The second kappa shape index (κ2) is 8.23. The van der Waals surface area contributed by atoms with Gasteiger partial charge in [0.05, 0.1) is 5.69 Å². The summed E-state index contributed by atoms with van der Waals surface area (Å²) in [6.45, 7) is 7.63. The molecule has 1 fully saturated rings. The number of amides is 2. The van der Waals surface area contributed by atoms with Crippen LogP contribution in [0, 0.1) is 12.8 Å². The molecule has 30 heavy (non-hydrogen) atoms. The zero-order valence-electron chi connectivity index (χ0n) is 17.5. The Morgan fingerprint density at radius 3 is 2.60 bits per heavy atom. The first kappa shape index (κ1) is 22.0. The topological polar surface area (TPSA) is 79.6 Å². The van der Waals surface area contributed by atoms with Gasteiger partial charge in [-0.15, -0.1) is 0 Å². The minimum absolute atomic E-state index is 0.137. The predicted octanol–water partition coefficient (Wildman–Crippen LogP) is 2.92. The number of aryl methyl sites for hydroxylation is 1. The Morgan fingerprint density at radius 1 is 1.30 bits per heavy atom. The van der Waals surface area contributed by atoms with Crippen LogP contribution in [0.5, 0.6) is 0 Å². The van der Waals surface area contributed by atoms with E-state index in [2.05, 4.69) is 15.4 Å². The second-order valence-corrected chi connectivity index (χ2v) is 8.27. The van der Waals surface area contributed by atoms with Gasteiger partial charge in [-0.3, -0.25) is 9.59 Å². The SMILES string of the molecule is CC(=O)N[C@H](CC(C)C)C(=O)N1CC[C@H](c2cc3nc(C)cc(C(F)(F)F)n3n2)C1. The molecule has 0 aromatic carbocycles. The van der Waals surface area contributed by atoms with Crippen LogP contribution in [0.4, 0.5) is 13.2 Å². The molecular formula is C20H26F3N5O2. The van der Waals surface area contributed by atoms with Crippen molar-refractivity contribution in [1.29, 1.82) is 0 Å². The maximum absolute atomic E-state index is 13.4. The van der Waals surface area contributed by atoms with Crippen molar-refractivity contribution in [3.8, 4) is 0 Å². The Morgan fingerprint density at radius 2 is 2.00 bits per heavy atom. The van der Waals surface area contributed by atoms with Gasteiger partial charge in [-0.1, -0.05) is 13.8 Å². The Labute approximate surface area is 172 Å². The number of fused-ring (bicyclic) bond motifs is 1. The number of nitrogens with zero attached hydrogens (tertiary/aromatic N) is 4. The van der Waals surface area contributed by atoms with Crippen molar-refractivity contribution in [2.24, 2.45) is 5.92 Å². The maximum Gasteiger partial charge on any atom is 0.433 e. The summed E-state index contributed by atoms with van der Waals surface area (Å²) < 4.78 is 40.9. The summed E-state index contributed by atoms with van der Waals surface area (Å²) in [6, 6.07) is 1.92. The third kappa shape index (κ3) is 4.73. The van der Waals surface area contributed by atoms with E-state index in [0.717, 1.165) is 10.6 Å². The fourth-order valence-corrected chi connectivity index (χ4v) is 3.88. The summed E-state index contributed by atoms with van der Waals surface area (Å²) in [4.78, 5) is 30.2. The van der Waals surface area contributed by atoms with E-state index in [-0.39, 0.29) is 35.0 Å². The zero-order valence-corrected chi connectivity index (χ0v) is 17.5. The van der Waals surface area contributed by atoms with Gasteiger partial charge in [-0.2, -0.15) is 18.3 Å². The van der Waals surface area contributed by atoms with Crippen LogP contribution in [-0.2, 0) is 15.8 Å². The first-order chi connectivity index (χ1) is 14.0. The summed E-state index contributed by atoms with van der Waals surface area (Å²) in [5, 5.41) is 6.87. The van der Waals surface area contributed by atoms with E-state index in [9.17, 15) is 22.8 Å². The third-order valence-electron chi connectivity index (χ3n) is 5.17. The number of hydrogen-bond donors (Lipinski definition) is 1. The Hall–Kier alpha value is -2.65. The number of likely N-dealkylation sites (tertiary alicyclic amines) is 1. The van der Waals surface area contributed by atoms with Gasteiger partial charge >= 0.3 is 6.18 Å². The smallest absolute Gasteiger partial charge is 0.345 e. The standard InChI is InChI=1S/C20H26F3N5O2/c1-11(2)7-16(25-13(4)29)19(30)27-6-5-14(10-27)15-9-18-24-12(3)8-17(20(21,22)23)28(18)26-15/h8-9,11,14,16H,5-7,10H2,1-4H3,(H,25,29)/t14-,16+/m0/s1. The third-order valence-corrected chi connectivity index (χ3v) is 5.17. The minimum Gasteiger partial charge on any atom is -0.345 e. The quantitative estimate of drug-likeness (QED) is 0.799. The lowest BCUT2D eigenvalue weighted by Gasteiger charge is -2.25. The van der Waals surface area contributed by atoms with E-state index in [4.69, 9.17) is 0 Å². The average molecular weight is 425 g/mol.